The zero-order valence-corrected chi connectivity index (χ0v) is 11.1. The number of hydrogen-bond donors (Lipinski definition) is 0. The van der Waals surface area contributed by atoms with Crippen molar-refractivity contribution in [3.8, 4) is 0 Å². The highest BCUT2D eigenvalue weighted by Gasteiger charge is 2.09. The molecule has 6 nitrogen and oxygen atoms in total. The van der Waals surface area contributed by atoms with E-state index in [1.54, 1.807) is 18.5 Å². The molecular formula is C13H17N3O3. The van der Waals surface area contributed by atoms with Gasteiger partial charge in [0, 0.05) is 12.4 Å². The second-order valence-corrected chi connectivity index (χ2v) is 4.42. The second kappa shape index (κ2) is 5.69. The molecule has 2 heterocycles. The molecular weight excluding hydrogens is 246 g/mol. The molecule has 102 valence electrons. The molecule has 0 amide bonds. The number of ether oxygens (including phenoxy) is 1. The van der Waals surface area contributed by atoms with Gasteiger partial charge in [0.1, 0.15) is 12.1 Å². The highest BCUT2D eigenvalue weighted by atomic mass is 16.5. The van der Waals surface area contributed by atoms with Crippen LogP contribution in [0, 0.1) is 6.92 Å². The largest absolute Gasteiger partial charge is 0.464 e. The third-order valence-corrected chi connectivity index (χ3v) is 2.79. The van der Waals surface area contributed by atoms with Gasteiger partial charge in [-0.25, -0.2) is 4.52 Å². The van der Waals surface area contributed by atoms with Gasteiger partial charge < -0.3 is 9.30 Å². The van der Waals surface area contributed by atoms with E-state index in [-0.39, 0.29) is 12.1 Å². The van der Waals surface area contributed by atoms with E-state index in [1.807, 2.05) is 13.8 Å². The molecule has 0 unspecified atom stereocenters. The van der Waals surface area contributed by atoms with Crippen molar-refractivity contribution in [3.05, 3.63) is 34.5 Å². The smallest absolute Gasteiger partial charge is 0.326 e. The topological polar surface area (TPSA) is 65.6 Å². The van der Waals surface area contributed by atoms with E-state index < -0.39 is 5.97 Å². The second-order valence-electron chi connectivity index (χ2n) is 4.42. The summed E-state index contributed by atoms with van der Waals surface area (Å²) < 4.78 is 7.89. The van der Waals surface area contributed by atoms with Crippen LogP contribution in [0.25, 0.3) is 5.52 Å². The first-order valence-corrected chi connectivity index (χ1v) is 6.33. The minimum absolute atomic E-state index is 0.0662. The Bertz CT molecular complexity index is 642. The van der Waals surface area contributed by atoms with Gasteiger partial charge in [-0.2, -0.15) is 5.10 Å². The molecule has 2 aromatic rings. The van der Waals surface area contributed by atoms with Crippen LogP contribution in [0.15, 0.2) is 23.3 Å². The molecule has 0 atom stereocenters. The summed E-state index contributed by atoms with van der Waals surface area (Å²) in [5.41, 5.74) is 0.984. The van der Waals surface area contributed by atoms with Crippen molar-refractivity contribution in [2.24, 2.45) is 0 Å². The molecule has 0 aliphatic carbocycles. The van der Waals surface area contributed by atoms with E-state index in [4.69, 9.17) is 4.74 Å². The minimum Gasteiger partial charge on any atom is -0.464 e. The number of carbonyl (C=O) groups is 1. The molecule has 0 radical (unpaired) electrons. The van der Waals surface area contributed by atoms with Crippen LogP contribution in [-0.2, 0) is 16.1 Å². The molecule has 6 heteroatoms. The van der Waals surface area contributed by atoms with E-state index in [1.165, 1.54) is 9.08 Å². The van der Waals surface area contributed by atoms with Crippen LogP contribution in [-0.4, -0.2) is 26.8 Å². The third-order valence-electron chi connectivity index (χ3n) is 2.79. The number of aromatic nitrogens is 3. The van der Waals surface area contributed by atoms with Gasteiger partial charge in [-0.3, -0.25) is 9.59 Å². The number of hydrogen-bond acceptors (Lipinski definition) is 4. The van der Waals surface area contributed by atoms with Crippen LogP contribution < -0.4 is 5.56 Å². The lowest BCUT2D eigenvalue weighted by molar-refractivity contribution is -0.144. The number of aryl methyl sites for hydroxylation is 1. The van der Waals surface area contributed by atoms with E-state index in [9.17, 15) is 9.59 Å². The van der Waals surface area contributed by atoms with Gasteiger partial charge in [-0.05, 0) is 19.4 Å². The normalized spacial score (nSPS) is 10.8. The zero-order valence-electron chi connectivity index (χ0n) is 11.1. The molecule has 19 heavy (non-hydrogen) atoms. The maximum Gasteiger partial charge on any atom is 0.326 e. The maximum absolute atomic E-state index is 12.1. The summed E-state index contributed by atoms with van der Waals surface area (Å²) in [6.45, 7) is 4.17. The number of nitrogens with zero attached hydrogens (tertiary/aromatic N) is 3. The Morgan fingerprint density at radius 1 is 1.42 bits per heavy atom. The Morgan fingerprint density at radius 3 is 2.95 bits per heavy atom. The quantitative estimate of drug-likeness (QED) is 0.599. The average molecular weight is 263 g/mol. The lowest BCUT2D eigenvalue weighted by atomic mass is 10.4. The highest BCUT2D eigenvalue weighted by Crippen LogP contribution is 2.00. The number of rotatable bonds is 5. The van der Waals surface area contributed by atoms with Crippen molar-refractivity contribution in [1.82, 2.24) is 14.2 Å². The van der Waals surface area contributed by atoms with Crippen molar-refractivity contribution >= 4 is 11.5 Å². The molecule has 2 rings (SSSR count). The standard InChI is InChI=1S/C13H17N3O3/c1-3-4-7-19-12(17)9-15-5-6-16-11(13(15)18)8-10(2)14-16/h5-6,8H,3-4,7,9H2,1-2H3. The van der Waals surface area contributed by atoms with Crippen LogP contribution >= 0.6 is 0 Å². The SMILES string of the molecule is CCCCOC(=O)Cn1ccn2nc(C)cc2c1=O. The van der Waals surface area contributed by atoms with Crippen molar-refractivity contribution in [2.75, 3.05) is 6.61 Å². The lowest BCUT2D eigenvalue weighted by Crippen LogP contribution is -2.26. The average Bonchev–Trinajstić information content (AvgIpc) is 2.75. The van der Waals surface area contributed by atoms with Crippen LogP contribution in [0.3, 0.4) is 0 Å². The van der Waals surface area contributed by atoms with Gasteiger partial charge >= 0.3 is 5.97 Å². The van der Waals surface area contributed by atoms with E-state index in [0.717, 1.165) is 18.5 Å². The number of carbonyl (C=O) groups excluding carboxylic acids is 1. The molecule has 0 saturated heterocycles. The van der Waals surface area contributed by atoms with Gasteiger partial charge in [0.05, 0.1) is 12.3 Å². The van der Waals surface area contributed by atoms with Crippen LogP contribution in [0.5, 0.6) is 0 Å². The Labute approximate surface area is 110 Å². The lowest BCUT2D eigenvalue weighted by Gasteiger charge is -2.06. The molecule has 0 aromatic carbocycles. The monoisotopic (exact) mass is 263 g/mol. The first-order chi connectivity index (χ1) is 9.11. The summed E-state index contributed by atoms with van der Waals surface area (Å²) in [5, 5.41) is 4.14. The Kier molecular flexibility index (Phi) is 3.99. The summed E-state index contributed by atoms with van der Waals surface area (Å²) in [5.74, 6) is -0.392. The van der Waals surface area contributed by atoms with E-state index >= 15 is 0 Å². The molecule has 2 aromatic heterocycles. The molecule has 0 saturated carbocycles. The van der Waals surface area contributed by atoms with Gasteiger partial charge in [-0.1, -0.05) is 13.3 Å². The predicted molar refractivity (Wildman–Crippen MR) is 70.1 cm³/mol. The number of fused-ring (bicyclic) bond motifs is 1. The van der Waals surface area contributed by atoms with Crippen molar-refractivity contribution < 1.29 is 9.53 Å². The molecule has 0 N–H and O–H groups in total. The Hall–Kier alpha value is -2.11. The molecule has 0 aliphatic rings. The Morgan fingerprint density at radius 2 is 2.21 bits per heavy atom. The van der Waals surface area contributed by atoms with E-state index in [0.29, 0.717) is 12.1 Å². The Balaban J connectivity index is 2.14. The minimum atomic E-state index is -0.392. The summed E-state index contributed by atoms with van der Waals surface area (Å²) in [4.78, 5) is 23.7. The van der Waals surface area contributed by atoms with Gasteiger partial charge in [0.15, 0.2) is 0 Å². The summed E-state index contributed by atoms with van der Waals surface area (Å²) >= 11 is 0. The molecule has 0 spiro atoms. The molecule has 0 fully saturated rings. The van der Waals surface area contributed by atoms with E-state index in [2.05, 4.69) is 5.10 Å². The molecule has 0 aliphatic heterocycles. The third kappa shape index (κ3) is 3.01. The van der Waals surface area contributed by atoms with Crippen molar-refractivity contribution in [2.45, 2.75) is 33.2 Å². The molecule has 0 bridgehead atoms. The first-order valence-electron chi connectivity index (χ1n) is 6.33. The van der Waals surface area contributed by atoms with Crippen molar-refractivity contribution in [3.63, 3.8) is 0 Å². The van der Waals surface area contributed by atoms with Gasteiger partial charge in [0.25, 0.3) is 5.56 Å². The fourth-order valence-corrected chi connectivity index (χ4v) is 1.79. The summed E-state index contributed by atoms with van der Waals surface area (Å²) in [7, 11) is 0. The predicted octanol–water partition coefficient (Wildman–Crippen LogP) is 1.15. The van der Waals surface area contributed by atoms with Crippen molar-refractivity contribution in [1.29, 1.82) is 0 Å². The number of esters is 1. The fraction of sp³-hybridized carbons (Fsp3) is 0.462. The highest BCUT2D eigenvalue weighted by molar-refractivity contribution is 5.69. The van der Waals surface area contributed by atoms with Crippen LogP contribution in [0.1, 0.15) is 25.5 Å². The van der Waals surface area contributed by atoms with Crippen LogP contribution in [0.4, 0.5) is 0 Å². The summed E-state index contributed by atoms with van der Waals surface area (Å²) in [6, 6.07) is 1.70. The first kappa shape index (κ1) is 13.3. The summed E-state index contributed by atoms with van der Waals surface area (Å²) in [6.07, 6.45) is 5.00. The zero-order chi connectivity index (χ0) is 13.8. The van der Waals surface area contributed by atoms with Crippen LogP contribution in [0.2, 0.25) is 0 Å². The van der Waals surface area contributed by atoms with Gasteiger partial charge in [-0.15, -0.1) is 0 Å². The maximum atomic E-state index is 12.1. The fourth-order valence-electron chi connectivity index (χ4n) is 1.79. The number of unbranched alkanes of at least 4 members (excludes halogenated alkanes) is 1. The van der Waals surface area contributed by atoms with Gasteiger partial charge in [0.2, 0.25) is 0 Å².